The molecule has 3 heterocycles. The van der Waals surface area contributed by atoms with E-state index in [1.165, 1.54) is 5.56 Å². The first-order valence-corrected chi connectivity index (χ1v) is 7.70. The molecule has 0 radical (unpaired) electrons. The van der Waals surface area contributed by atoms with Crippen LogP contribution in [0.15, 0.2) is 36.8 Å². The van der Waals surface area contributed by atoms with Crippen molar-refractivity contribution in [2.75, 3.05) is 30.4 Å². The lowest BCUT2D eigenvalue weighted by Gasteiger charge is -2.23. The molecule has 1 fully saturated rings. The molecule has 3 rings (SSSR count). The molecule has 1 atom stereocenters. The van der Waals surface area contributed by atoms with Gasteiger partial charge in [0.15, 0.2) is 0 Å². The highest BCUT2D eigenvalue weighted by molar-refractivity contribution is 5.40. The Bertz CT molecular complexity index is 572. The summed E-state index contributed by atoms with van der Waals surface area (Å²) >= 11 is 0. The van der Waals surface area contributed by atoms with Crippen LogP contribution in [-0.2, 0) is 11.2 Å². The molecular weight excluding hydrogens is 278 g/mol. The maximum atomic E-state index is 5.47. The van der Waals surface area contributed by atoms with Crippen LogP contribution in [0.2, 0.25) is 0 Å². The summed E-state index contributed by atoms with van der Waals surface area (Å²) in [6, 6.07) is 6.24. The van der Waals surface area contributed by atoms with E-state index in [4.69, 9.17) is 4.74 Å². The van der Waals surface area contributed by atoms with Crippen molar-refractivity contribution < 1.29 is 4.74 Å². The first-order valence-electron chi connectivity index (χ1n) is 7.70. The number of nitrogens with zero attached hydrogens (tertiary/aromatic N) is 3. The van der Waals surface area contributed by atoms with Gasteiger partial charge < -0.3 is 15.4 Å². The third-order valence-corrected chi connectivity index (χ3v) is 3.59. The molecule has 0 amide bonds. The van der Waals surface area contributed by atoms with Crippen molar-refractivity contribution in [3.05, 3.63) is 42.4 Å². The first-order chi connectivity index (χ1) is 10.9. The summed E-state index contributed by atoms with van der Waals surface area (Å²) in [5.41, 5.74) is 1.20. The minimum atomic E-state index is 0.340. The lowest BCUT2D eigenvalue weighted by Crippen LogP contribution is -2.30. The van der Waals surface area contributed by atoms with Crippen LogP contribution in [0.4, 0.5) is 11.8 Å². The van der Waals surface area contributed by atoms with Gasteiger partial charge in [0, 0.05) is 31.7 Å². The minimum Gasteiger partial charge on any atom is -0.379 e. The summed E-state index contributed by atoms with van der Waals surface area (Å²) in [5.74, 6) is 1.49. The Morgan fingerprint density at radius 3 is 3.09 bits per heavy atom. The maximum absolute atomic E-state index is 5.47. The number of ether oxygens (including phenoxy) is 1. The van der Waals surface area contributed by atoms with Crippen molar-refractivity contribution in [2.45, 2.75) is 25.3 Å². The molecule has 0 aromatic carbocycles. The zero-order valence-electron chi connectivity index (χ0n) is 12.5. The van der Waals surface area contributed by atoms with Crippen LogP contribution in [-0.4, -0.2) is 40.8 Å². The van der Waals surface area contributed by atoms with E-state index in [0.717, 1.165) is 44.8 Å². The van der Waals surface area contributed by atoms with Gasteiger partial charge in [0.25, 0.3) is 0 Å². The van der Waals surface area contributed by atoms with Gasteiger partial charge in [-0.15, -0.1) is 0 Å². The van der Waals surface area contributed by atoms with Crippen molar-refractivity contribution >= 4 is 11.8 Å². The topological polar surface area (TPSA) is 72.0 Å². The number of pyridine rings is 1. The molecule has 0 bridgehead atoms. The fraction of sp³-hybridized carbons (Fsp3) is 0.438. The Morgan fingerprint density at radius 1 is 1.27 bits per heavy atom. The van der Waals surface area contributed by atoms with Crippen molar-refractivity contribution in [1.29, 1.82) is 0 Å². The Morgan fingerprint density at radius 2 is 2.27 bits per heavy atom. The first kappa shape index (κ1) is 14.7. The Kier molecular flexibility index (Phi) is 5.15. The maximum Gasteiger partial charge on any atom is 0.224 e. The molecule has 6 nitrogen and oxygen atoms in total. The second-order valence-corrected chi connectivity index (χ2v) is 5.36. The quantitative estimate of drug-likeness (QED) is 0.851. The molecule has 0 aliphatic carbocycles. The Balaban J connectivity index is 1.50. The molecular formula is C16H21N5O. The lowest BCUT2D eigenvalue weighted by molar-refractivity contribution is 0.0875. The highest BCUT2D eigenvalue weighted by atomic mass is 16.5. The fourth-order valence-electron chi connectivity index (χ4n) is 2.45. The van der Waals surface area contributed by atoms with Gasteiger partial charge in [0.1, 0.15) is 5.82 Å². The van der Waals surface area contributed by atoms with Gasteiger partial charge in [-0.2, -0.15) is 4.98 Å². The molecule has 2 aromatic heterocycles. The average molecular weight is 299 g/mol. The van der Waals surface area contributed by atoms with E-state index in [1.54, 1.807) is 12.4 Å². The van der Waals surface area contributed by atoms with E-state index in [0.29, 0.717) is 12.0 Å². The highest BCUT2D eigenvalue weighted by Crippen LogP contribution is 2.13. The average Bonchev–Trinajstić information content (AvgIpc) is 2.57. The number of hydrogen-bond donors (Lipinski definition) is 2. The van der Waals surface area contributed by atoms with Crippen LogP contribution in [0.25, 0.3) is 0 Å². The zero-order valence-corrected chi connectivity index (χ0v) is 12.5. The van der Waals surface area contributed by atoms with Crippen LogP contribution in [0.1, 0.15) is 18.4 Å². The van der Waals surface area contributed by atoms with Crippen LogP contribution in [0.5, 0.6) is 0 Å². The third-order valence-electron chi connectivity index (χ3n) is 3.59. The van der Waals surface area contributed by atoms with Crippen LogP contribution in [0, 0.1) is 0 Å². The third kappa shape index (κ3) is 4.39. The van der Waals surface area contributed by atoms with Gasteiger partial charge >= 0.3 is 0 Å². The zero-order chi connectivity index (χ0) is 15.0. The Labute approximate surface area is 130 Å². The van der Waals surface area contributed by atoms with Crippen molar-refractivity contribution in [2.24, 2.45) is 0 Å². The molecule has 0 unspecified atom stereocenters. The molecule has 22 heavy (non-hydrogen) atoms. The number of aromatic nitrogens is 3. The molecule has 1 saturated heterocycles. The van der Waals surface area contributed by atoms with Crippen LogP contribution in [0.3, 0.4) is 0 Å². The van der Waals surface area contributed by atoms with Crippen LogP contribution < -0.4 is 10.6 Å². The van der Waals surface area contributed by atoms with Gasteiger partial charge in [-0.1, -0.05) is 6.07 Å². The van der Waals surface area contributed by atoms with Gasteiger partial charge in [-0.25, -0.2) is 4.98 Å². The van der Waals surface area contributed by atoms with E-state index in [1.807, 2.05) is 18.3 Å². The van der Waals surface area contributed by atoms with E-state index < -0.39 is 0 Å². The van der Waals surface area contributed by atoms with Gasteiger partial charge in [-0.3, -0.25) is 4.98 Å². The molecule has 2 N–H and O–H groups in total. The number of nitrogens with one attached hydrogen (secondary N) is 2. The lowest BCUT2D eigenvalue weighted by atomic mass is 10.1. The summed E-state index contributed by atoms with van der Waals surface area (Å²) in [5, 5.41) is 6.65. The van der Waals surface area contributed by atoms with E-state index in [2.05, 4.69) is 31.7 Å². The predicted octanol–water partition coefficient (Wildman–Crippen LogP) is 2.12. The molecule has 1 aliphatic rings. The largest absolute Gasteiger partial charge is 0.379 e. The smallest absolute Gasteiger partial charge is 0.224 e. The number of rotatable bonds is 6. The number of hydrogen-bond acceptors (Lipinski definition) is 6. The molecule has 0 saturated carbocycles. The van der Waals surface area contributed by atoms with Gasteiger partial charge in [-0.05, 0) is 37.0 Å². The second kappa shape index (κ2) is 7.70. The molecule has 1 aliphatic heterocycles. The SMILES string of the molecule is c1cncc(CCNc2nccc(N[C@H]3CCCOC3)n2)c1. The minimum absolute atomic E-state index is 0.340. The Hall–Kier alpha value is -2.21. The standard InChI is InChI=1S/C16H21N5O/c1-3-13(11-17-7-1)5-8-18-16-19-9-6-15(21-16)20-14-4-2-10-22-12-14/h1,3,6-7,9,11,14H,2,4-5,8,10,12H2,(H2,18,19,20,21)/t14-/m0/s1. The highest BCUT2D eigenvalue weighted by Gasteiger charge is 2.14. The normalized spacial score (nSPS) is 17.9. The van der Waals surface area contributed by atoms with Crippen LogP contribution >= 0.6 is 0 Å². The van der Waals surface area contributed by atoms with Crippen molar-refractivity contribution in [1.82, 2.24) is 15.0 Å². The van der Waals surface area contributed by atoms with E-state index >= 15 is 0 Å². The fourth-order valence-corrected chi connectivity index (χ4v) is 2.45. The van der Waals surface area contributed by atoms with Gasteiger partial charge in [0.05, 0.1) is 12.6 Å². The molecule has 0 spiro atoms. The molecule has 6 heteroatoms. The monoisotopic (exact) mass is 299 g/mol. The van der Waals surface area contributed by atoms with Gasteiger partial charge in [0.2, 0.25) is 5.95 Å². The van der Waals surface area contributed by atoms with Crippen molar-refractivity contribution in [3.8, 4) is 0 Å². The second-order valence-electron chi connectivity index (χ2n) is 5.36. The summed E-state index contributed by atoms with van der Waals surface area (Å²) in [6.07, 6.45) is 8.54. The summed E-state index contributed by atoms with van der Waals surface area (Å²) in [6.45, 7) is 2.39. The number of anilines is 2. The van der Waals surface area contributed by atoms with E-state index in [-0.39, 0.29) is 0 Å². The summed E-state index contributed by atoms with van der Waals surface area (Å²) in [7, 11) is 0. The van der Waals surface area contributed by atoms with Crippen molar-refractivity contribution in [3.63, 3.8) is 0 Å². The summed E-state index contributed by atoms with van der Waals surface area (Å²) in [4.78, 5) is 12.9. The summed E-state index contributed by atoms with van der Waals surface area (Å²) < 4.78 is 5.47. The predicted molar refractivity (Wildman–Crippen MR) is 85.9 cm³/mol. The van der Waals surface area contributed by atoms with E-state index in [9.17, 15) is 0 Å². The molecule has 116 valence electrons. The molecule has 2 aromatic rings.